The Labute approximate surface area is 107 Å². The lowest BCUT2D eigenvalue weighted by Gasteiger charge is -2.17. The largest absolute Gasteiger partial charge is 0.495 e. The van der Waals surface area contributed by atoms with Crippen LogP contribution in [0.4, 0.5) is 5.69 Å². The maximum absolute atomic E-state index is 11.1. The van der Waals surface area contributed by atoms with E-state index < -0.39 is 0 Å². The zero-order chi connectivity index (χ0) is 13.5. The summed E-state index contributed by atoms with van der Waals surface area (Å²) in [7, 11) is 5.09. The Morgan fingerprint density at radius 1 is 1.39 bits per heavy atom. The predicted molar refractivity (Wildman–Crippen MR) is 71.0 cm³/mol. The molecule has 0 saturated carbocycles. The molecule has 5 heteroatoms. The fourth-order valence-corrected chi connectivity index (χ4v) is 1.74. The van der Waals surface area contributed by atoms with Crippen molar-refractivity contribution in [2.45, 2.75) is 13.0 Å². The highest BCUT2D eigenvalue weighted by Crippen LogP contribution is 2.28. The Bertz CT molecular complexity index is 407. The highest BCUT2D eigenvalue weighted by Gasteiger charge is 2.13. The SMILES string of the molecule is CNCC(OC)c1ccc(OC)c(NC(C)=O)c1. The van der Waals surface area contributed by atoms with E-state index in [1.165, 1.54) is 6.92 Å². The van der Waals surface area contributed by atoms with Gasteiger partial charge >= 0.3 is 0 Å². The number of rotatable bonds is 6. The Morgan fingerprint density at radius 2 is 2.11 bits per heavy atom. The number of carbonyl (C=O) groups excluding carboxylic acids is 1. The third-order valence-corrected chi connectivity index (χ3v) is 2.58. The second-order valence-corrected chi connectivity index (χ2v) is 3.92. The maximum atomic E-state index is 11.1. The van der Waals surface area contributed by atoms with E-state index in [2.05, 4.69) is 10.6 Å². The van der Waals surface area contributed by atoms with Gasteiger partial charge in [0.2, 0.25) is 5.91 Å². The summed E-state index contributed by atoms with van der Waals surface area (Å²) >= 11 is 0. The zero-order valence-electron chi connectivity index (χ0n) is 11.2. The van der Waals surface area contributed by atoms with Gasteiger partial charge in [0.25, 0.3) is 0 Å². The van der Waals surface area contributed by atoms with Crippen LogP contribution in [0.15, 0.2) is 18.2 Å². The molecule has 1 aromatic rings. The highest BCUT2D eigenvalue weighted by atomic mass is 16.5. The zero-order valence-corrected chi connectivity index (χ0v) is 11.2. The first kappa shape index (κ1) is 14.5. The van der Waals surface area contributed by atoms with Crippen molar-refractivity contribution in [3.8, 4) is 5.75 Å². The van der Waals surface area contributed by atoms with Crippen LogP contribution in [-0.2, 0) is 9.53 Å². The van der Waals surface area contributed by atoms with Gasteiger partial charge in [-0.1, -0.05) is 6.07 Å². The Morgan fingerprint density at radius 3 is 2.61 bits per heavy atom. The summed E-state index contributed by atoms with van der Waals surface area (Å²) in [6, 6.07) is 5.61. The highest BCUT2D eigenvalue weighted by molar-refractivity contribution is 5.90. The molecule has 1 atom stereocenters. The molecule has 0 heterocycles. The van der Waals surface area contributed by atoms with E-state index in [-0.39, 0.29) is 12.0 Å². The number of likely N-dealkylation sites (N-methyl/N-ethyl adjacent to an activating group) is 1. The summed E-state index contributed by atoms with van der Waals surface area (Å²) in [5, 5.41) is 5.81. The van der Waals surface area contributed by atoms with Crippen LogP contribution in [0.25, 0.3) is 0 Å². The van der Waals surface area contributed by atoms with Crippen molar-refractivity contribution in [1.29, 1.82) is 0 Å². The molecule has 0 spiro atoms. The standard InChI is InChI=1S/C13H20N2O3/c1-9(16)15-11-7-10(5-6-12(11)17-3)13(18-4)8-14-2/h5-7,13-14H,8H2,1-4H3,(H,15,16). The average molecular weight is 252 g/mol. The number of hydrogen-bond donors (Lipinski definition) is 2. The molecule has 2 N–H and O–H groups in total. The van der Waals surface area contributed by atoms with Crippen molar-refractivity contribution in [1.82, 2.24) is 5.32 Å². The van der Waals surface area contributed by atoms with Crippen molar-refractivity contribution in [3.05, 3.63) is 23.8 Å². The number of carbonyl (C=O) groups is 1. The monoisotopic (exact) mass is 252 g/mol. The minimum atomic E-state index is -0.131. The molecule has 0 aromatic heterocycles. The van der Waals surface area contributed by atoms with Gasteiger partial charge in [0.1, 0.15) is 5.75 Å². The van der Waals surface area contributed by atoms with Crippen LogP contribution in [0.2, 0.25) is 0 Å². The molecule has 0 aliphatic heterocycles. The van der Waals surface area contributed by atoms with E-state index in [0.29, 0.717) is 18.0 Å². The molecule has 18 heavy (non-hydrogen) atoms. The summed E-state index contributed by atoms with van der Waals surface area (Å²) in [5.74, 6) is 0.501. The van der Waals surface area contributed by atoms with Crippen LogP contribution < -0.4 is 15.4 Å². The van der Waals surface area contributed by atoms with E-state index in [9.17, 15) is 4.79 Å². The normalized spacial score (nSPS) is 12.0. The van der Waals surface area contributed by atoms with Gasteiger partial charge in [-0.2, -0.15) is 0 Å². The lowest BCUT2D eigenvalue weighted by Crippen LogP contribution is -2.19. The first-order valence-electron chi connectivity index (χ1n) is 5.75. The van der Waals surface area contributed by atoms with E-state index in [1.807, 2.05) is 25.2 Å². The van der Waals surface area contributed by atoms with E-state index in [4.69, 9.17) is 9.47 Å². The number of anilines is 1. The summed E-state index contributed by atoms with van der Waals surface area (Å²) < 4.78 is 10.6. The lowest BCUT2D eigenvalue weighted by atomic mass is 10.1. The van der Waals surface area contributed by atoms with Crippen molar-refractivity contribution < 1.29 is 14.3 Å². The Kier molecular flexibility index (Phi) is 5.61. The van der Waals surface area contributed by atoms with Crippen LogP contribution in [0.1, 0.15) is 18.6 Å². The maximum Gasteiger partial charge on any atom is 0.221 e. The summed E-state index contributed by atoms with van der Waals surface area (Å²) in [4.78, 5) is 11.1. The van der Waals surface area contributed by atoms with Crippen LogP contribution in [-0.4, -0.2) is 33.7 Å². The van der Waals surface area contributed by atoms with Gasteiger partial charge in [0, 0.05) is 20.6 Å². The average Bonchev–Trinajstić information content (AvgIpc) is 2.35. The molecule has 0 radical (unpaired) electrons. The first-order chi connectivity index (χ1) is 8.62. The van der Waals surface area contributed by atoms with Gasteiger partial charge in [-0.3, -0.25) is 4.79 Å². The van der Waals surface area contributed by atoms with E-state index in [1.54, 1.807) is 14.2 Å². The first-order valence-corrected chi connectivity index (χ1v) is 5.75. The smallest absolute Gasteiger partial charge is 0.221 e. The topological polar surface area (TPSA) is 59.6 Å². The van der Waals surface area contributed by atoms with Crippen molar-refractivity contribution >= 4 is 11.6 Å². The molecular formula is C13H20N2O3. The van der Waals surface area contributed by atoms with Crippen LogP contribution in [0.3, 0.4) is 0 Å². The molecule has 0 aliphatic carbocycles. The third-order valence-electron chi connectivity index (χ3n) is 2.58. The molecule has 100 valence electrons. The summed E-state index contributed by atoms with van der Waals surface area (Å²) in [6.45, 7) is 2.16. The quantitative estimate of drug-likeness (QED) is 0.806. The molecule has 1 aromatic carbocycles. The number of amides is 1. The Balaban J connectivity index is 3.03. The molecule has 0 aliphatic rings. The van der Waals surface area contributed by atoms with Gasteiger partial charge in [0.05, 0.1) is 18.9 Å². The van der Waals surface area contributed by atoms with Gasteiger partial charge in [-0.05, 0) is 24.7 Å². The molecule has 1 rings (SSSR count). The van der Waals surface area contributed by atoms with Gasteiger partial charge in [-0.25, -0.2) is 0 Å². The number of ether oxygens (including phenoxy) is 2. The van der Waals surface area contributed by atoms with Gasteiger partial charge in [0.15, 0.2) is 0 Å². The summed E-state index contributed by atoms with van der Waals surface area (Å²) in [5.41, 5.74) is 1.64. The van der Waals surface area contributed by atoms with Crippen molar-refractivity contribution in [3.63, 3.8) is 0 Å². The summed E-state index contributed by atoms with van der Waals surface area (Å²) in [6.07, 6.45) is -0.0617. The molecule has 0 bridgehead atoms. The fourth-order valence-electron chi connectivity index (χ4n) is 1.74. The van der Waals surface area contributed by atoms with Crippen molar-refractivity contribution in [2.75, 3.05) is 33.1 Å². The second kappa shape index (κ2) is 6.98. The second-order valence-electron chi connectivity index (χ2n) is 3.92. The van der Waals surface area contributed by atoms with E-state index >= 15 is 0 Å². The number of methoxy groups -OCH3 is 2. The van der Waals surface area contributed by atoms with Crippen molar-refractivity contribution in [2.24, 2.45) is 0 Å². The van der Waals surface area contributed by atoms with Crippen LogP contribution >= 0.6 is 0 Å². The lowest BCUT2D eigenvalue weighted by molar-refractivity contribution is -0.114. The minimum absolute atomic E-state index is 0.0617. The molecule has 5 nitrogen and oxygen atoms in total. The van der Waals surface area contributed by atoms with Crippen LogP contribution in [0, 0.1) is 0 Å². The Hall–Kier alpha value is -1.59. The predicted octanol–water partition coefficient (Wildman–Crippen LogP) is 1.56. The van der Waals surface area contributed by atoms with Crippen LogP contribution in [0.5, 0.6) is 5.75 Å². The number of benzene rings is 1. The van der Waals surface area contributed by atoms with E-state index in [0.717, 1.165) is 5.56 Å². The number of nitrogens with one attached hydrogen (secondary N) is 2. The number of hydrogen-bond acceptors (Lipinski definition) is 4. The van der Waals surface area contributed by atoms with Gasteiger partial charge < -0.3 is 20.1 Å². The fraction of sp³-hybridized carbons (Fsp3) is 0.462. The molecule has 0 saturated heterocycles. The molecule has 0 fully saturated rings. The molecular weight excluding hydrogens is 232 g/mol. The minimum Gasteiger partial charge on any atom is -0.495 e. The molecule has 1 amide bonds. The third kappa shape index (κ3) is 3.72. The molecule has 1 unspecified atom stereocenters. The van der Waals surface area contributed by atoms with Gasteiger partial charge in [-0.15, -0.1) is 0 Å².